The molecule has 3 heterocycles. The summed E-state index contributed by atoms with van der Waals surface area (Å²) < 4.78 is 5.47. The van der Waals surface area contributed by atoms with Gasteiger partial charge in [0.2, 0.25) is 5.88 Å². The van der Waals surface area contributed by atoms with Crippen LogP contribution in [0.4, 0.5) is 0 Å². The SMILES string of the molecule is COc1nc(-c2ccc(C)s2)c(C)nc1-c1ccc(C)s1. The number of aryl methyl sites for hydroxylation is 3. The number of hydrogen-bond acceptors (Lipinski definition) is 5. The van der Waals surface area contributed by atoms with Crippen molar-refractivity contribution in [3.63, 3.8) is 0 Å². The molecule has 3 nitrogen and oxygen atoms in total. The van der Waals surface area contributed by atoms with Crippen molar-refractivity contribution in [2.45, 2.75) is 20.8 Å². The van der Waals surface area contributed by atoms with Crippen molar-refractivity contribution < 1.29 is 4.74 Å². The lowest BCUT2D eigenvalue weighted by Crippen LogP contribution is -1.99. The molecular weight excluding hydrogens is 300 g/mol. The van der Waals surface area contributed by atoms with Gasteiger partial charge in [-0.1, -0.05) is 0 Å². The van der Waals surface area contributed by atoms with Crippen LogP contribution in [0.15, 0.2) is 24.3 Å². The van der Waals surface area contributed by atoms with E-state index in [-0.39, 0.29) is 0 Å². The standard InChI is InChI=1S/C16H16N2OS2/c1-9-5-7-12(20-9)14-11(3)17-15(16(18-14)19-4)13-8-6-10(2)21-13/h5-8H,1-4H3. The number of aromatic nitrogens is 2. The first kappa shape index (κ1) is 14.2. The van der Waals surface area contributed by atoms with E-state index >= 15 is 0 Å². The van der Waals surface area contributed by atoms with E-state index in [9.17, 15) is 0 Å². The van der Waals surface area contributed by atoms with Crippen LogP contribution in [-0.4, -0.2) is 17.1 Å². The first-order valence-electron chi connectivity index (χ1n) is 6.64. The summed E-state index contributed by atoms with van der Waals surface area (Å²) in [5.41, 5.74) is 2.66. The summed E-state index contributed by atoms with van der Waals surface area (Å²) in [4.78, 5) is 14.2. The van der Waals surface area contributed by atoms with Crippen LogP contribution < -0.4 is 4.74 Å². The molecule has 3 rings (SSSR count). The maximum atomic E-state index is 5.47. The highest BCUT2D eigenvalue weighted by molar-refractivity contribution is 7.15. The minimum atomic E-state index is 0.587. The van der Waals surface area contributed by atoms with E-state index in [2.05, 4.69) is 38.1 Å². The quantitative estimate of drug-likeness (QED) is 0.691. The molecule has 0 radical (unpaired) electrons. The van der Waals surface area contributed by atoms with E-state index in [4.69, 9.17) is 14.7 Å². The van der Waals surface area contributed by atoms with E-state index in [1.54, 1.807) is 29.8 Å². The second-order valence-corrected chi connectivity index (χ2v) is 7.41. The zero-order valence-corrected chi connectivity index (χ0v) is 14.1. The molecule has 3 aromatic rings. The Bertz CT molecular complexity index is 789. The summed E-state index contributed by atoms with van der Waals surface area (Å²) in [7, 11) is 1.65. The normalized spacial score (nSPS) is 10.9. The van der Waals surface area contributed by atoms with Crippen LogP contribution in [-0.2, 0) is 0 Å². The van der Waals surface area contributed by atoms with Gasteiger partial charge in [-0.2, -0.15) is 0 Å². The van der Waals surface area contributed by atoms with Crippen LogP contribution in [0.1, 0.15) is 15.4 Å². The molecule has 0 aromatic carbocycles. The maximum Gasteiger partial charge on any atom is 0.241 e. The monoisotopic (exact) mass is 316 g/mol. The van der Waals surface area contributed by atoms with Crippen LogP contribution in [0, 0.1) is 20.8 Å². The maximum absolute atomic E-state index is 5.47. The van der Waals surface area contributed by atoms with Gasteiger partial charge in [0.25, 0.3) is 0 Å². The smallest absolute Gasteiger partial charge is 0.241 e. The molecule has 21 heavy (non-hydrogen) atoms. The summed E-state index contributed by atoms with van der Waals surface area (Å²) in [5, 5.41) is 0. The van der Waals surface area contributed by atoms with E-state index in [0.717, 1.165) is 26.8 Å². The summed E-state index contributed by atoms with van der Waals surface area (Å²) in [6, 6.07) is 8.35. The van der Waals surface area contributed by atoms with Gasteiger partial charge in [0.15, 0.2) is 0 Å². The molecule has 0 saturated heterocycles. The topological polar surface area (TPSA) is 35.0 Å². The number of thiophene rings is 2. The molecule has 3 aromatic heterocycles. The van der Waals surface area contributed by atoms with Gasteiger partial charge in [0.1, 0.15) is 11.4 Å². The van der Waals surface area contributed by atoms with Crippen molar-refractivity contribution in [2.24, 2.45) is 0 Å². The van der Waals surface area contributed by atoms with E-state index in [1.807, 2.05) is 6.92 Å². The summed E-state index contributed by atoms with van der Waals surface area (Å²) >= 11 is 3.43. The van der Waals surface area contributed by atoms with Crippen molar-refractivity contribution in [2.75, 3.05) is 7.11 Å². The van der Waals surface area contributed by atoms with Crippen molar-refractivity contribution in [1.82, 2.24) is 9.97 Å². The third kappa shape index (κ3) is 2.71. The zero-order valence-electron chi connectivity index (χ0n) is 12.4. The molecular formula is C16H16N2OS2. The Morgan fingerprint density at radius 2 is 1.38 bits per heavy atom. The highest BCUT2D eigenvalue weighted by Crippen LogP contribution is 2.36. The van der Waals surface area contributed by atoms with E-state index in [1.165, 1.54) is 9.75 Å². The largest absolute Gasteiger partial charge is 0.479 e. The Morgan fingerprint density at radius 1 is 0.810 bits per heavy atom. The molecule has 0 amide bonds. The highest BCUT2D eigenvalue weighted by atomic mass is 32.1. The predicted octanol–water partition coefficient (Wildman–Crippen LogP) is 4.87. The lowest BCUT2D eigenvalue weighted by molar-refractivity contribution is 0.398. The first-order valence-corrected chi connectivity index (χ1v) is 8.28. The summed E-state index contributed by atoms with van der Waals surface area (Å²) in [6.07, 6.45) is 0. The van der Waals surface area contributed by atoms with Gasteiger partial charge in [-0.3, -0.25) is 0 Å². The van der Waals surface area contributed by atoms with Crippen LogP contribution >= 0.6 is 22.7 Å². The fourth-order valence-corrected chi connectivity index (χ4v) is 3.92. The third-order valence-corrected chi connectivity index (χ3v) is 5.19. The van der Waals surface area contributed by atoms with Gasteiger partial charge in [-0.15, -0.1) is 22.7 Å². The molecule has 0 bridgehead atoms. The second kappa shape index (κ2) is 5.58. The van der Waals surface area contributed by atoms with E-state index in [0.29, 0.717) is 5.88 Å². The molecule has 0 spiro atoms. The van der Waals surface area contributed by atoms with Crippen molar-refractivity contribution >= 4 is 22.7 Å². The molecule has 0 aliphatic carbocycles. The minimum absolute atomic E-state index is 0.587. The lowest BCUT2D eigenvalue weighted by Gasteiger charge is -2.09. The van der Waals surface area contributed by atoms with Gasteiger partial charge in [0.05, 0.1) is 22.6 Å². The fraction of sp³-hybridized carbons (Fsp3) is 0.250. The lowest BCUT2D eigenvalue weighted by atomic mass is 10.2. The Kier molecular flexibility index (Phi) is 3.78. The molecule has 0 aliphatic rings. The Morgan fingerprint density at radius 3 is 1.86 bits per heavy atom. The van der Waals surface area contributed by atoms with Gasteiger partial charge < -0.3 is 4.74 Å². The minimum Gasteiger partial charge on any atom is -0.479 e. The Hall–Kier alpha value is -1.72. The van der Waals surface area contributed by atoms with Crippen LogP contribution in [0.3, 0.4) is 0 Å². The molecule has 0 aliphatic heterocycles. The van der Waals surface area contributed by atoms with Gasteiger partial charge >= 0.3 is 0 Å². The first-order chi connectivity index (χ1) is 10.1. The van der Waals surface area contributed by atoms with Crippen LogP contribution in [0.2, 0.25) is 0 Å². The fourth-order valence-electron chi connectivity index (χ4n) is 2.16. The number of rotatable bonds is 3. The molecule has 5 heteroatoms. The van der Waals surface area contributed by atoms with Crippen LogP contribution in [0.5, 0.6) is 5.88 Å². The number of nitrogens with zero attached hydrogens (tertiary/aromatic N) is 2. The molecule has 0 unspecified atom stereocenters. The molecule has 108 valence electrons. The van der Waals surface area contributed by atoms with Crippen molar-refractivity contribution in [3.05, 3.63) is 39.7 Å². The highest BCUT2D eigenvalue weighted by Gasteiger charge is 2.16. The Balaban J connectivity index is 2.14. The van der Waals surface area contributed by atoms with Gasteiger partial charge in [-0.05, 0) is 45.0 Å². The third-order valence-electron chi connectivity index (χ3n) is 3.18. The number of hydrogen-bond donors (Lipinski definition) is 0. The average Bonchev–Trinajstić information content (AvgIpc) is 3.07. The van der Waals surface area contributed by atoms with Gasteiger partial charge in [-0.25, -0.2) is 9.97 Å². The molecule has 0 saturated carbocycles. The zero-order chi connectivity index (χ0) is 15.0. The Labute approximate surface area is 132 Å². The van der Waals surface area contributed by atoms with Crippen molar-refractivity contribution in [1.29, 1.82) is 0 Å². The van der Waals surface area contributed by atoms with Gasteiger partial charge in [0, 0.05) is 9.75 Å². The van der Waals surface area contributed by atoms with Crippen molar-refractivity contribution in [3.8, 4) is 27.0 Å². The van der Waals surface area contributed by atoms with Crippen LogP contribution in [0.25, 0.3) is 21.1 Å². The second-order valence-electron chi connectivity index (χ2n) is 4.84. The average molecular weight is 316 g/mol. The number of ether oxygens (including phenoxy) is 1. The predicted molar refractivity (Wildman–Crippen MR) is 89.4 cm³/mol. The molecule has 0 fully saturated rings. The molecule has 0 N–H and O–H groups in total. The summed E-state index contributed by atoms with van der Waals surface area (Å²) in [6.45, 7) is 6.18. The molecule has 0 atom stereocenters. The van der Waals surface area contributed by atoms with E-state index < -0.39 is 0 Å². The summed E-state index contributed by atoms with van der Waals surface area (Å²) in [5.74, 6) is 0.587. The number of methoxy groups -OCH3 is 1.